The minimum Gasteiger partial charge on any atom is -0.377 e. The number of carbonyl (C=O) groups is 1. The van der Waals surface area contributed by atoms with Gasteiger partial charge in [-0.25, -0.2) is 0 Å². The zero-order valence-electron chi connectivity index (χ0n) is 7.97. The number of rotatable bonds is 3. The van der Waals surface area contributed by atoms with E-state index >= 15 is 0 Å². The third-order valence-corrected chi connectivity index (χ3v) is 1.81. The number of carbonyl (C=O) groups excluding carboxylic acids is 1. The average molecular weight is 218 g/mol. The monoisotopic (exact) mass is 218 g/mol. The van der Waals surface area contributed by atoms with Gasteiger partial charge in [-0.05, 0) is 12.1 Å². The molecule has 0 radical (unpaired) electrons. The van der Waals surface area contributed by atoms with E-state index in [0.717, 1.165) is 24.3 Å². The van der Waals surface area contributed by atoms with Crippen molar-refractivity contribution >= 4 is 5.78 Å². The van der Waals surface area contributed by atoms with Gasteiger partial charge in [0.05, 0.1) is 5.56 Å². The number of hydrogen-bond donors (Lipinski definition) is 0. The summed E-state index contributed by atoms with van der Waals surface area (Å²) in [6.07, 6.45) is -4.37. The first kappa shape index (κ1) is 11.7. The van der Waals surface area contributed by atoms with E-state index in [1.807, 2.05) is 0 Å². The largest absolute Gasteiger partial charge is 0.416 e. The van der Waals surface area contributed by atoms with Crippen molar-refractivity contribution in [2.75, 3.05) is 13.7 Å². The Morgan fingerprint density at radius 3 is 2.20 bits per heavy atom. The molecule has 82 valence electrons. The maximum atomic E-state index is 12.2. The Balaban J connectivity index is 2.86. The first-order chi connectivity index (χ1) is 6.95. The van der Waals surface area contributed by atoms with Gasteiger partial charge >= 0.3 is 6.18 Å². The molecular formula is C10H9F3O2. The van der Waals surface area contributed by atoms with Crippen molar-refractivity contribution in [2.24, 2.45) is 0 Å². The van der Waals surface area contributed by atoms with Crippen LogP contribution in [0.5, 0.6) is 0 Å². The topological polar surface area (TPSA) is 26.3 Å². The molecule has 15 heavy (non-hydrogen) atoms. The van der Waals surface area contributed by atoms with Crippen LogP contribution in [0.1, 0.15) is 15.9 Å². The molecule has 0 aliphatic carbocycles. The quantitative estimate of drug-likeness (QED) is 0.729. The Morgan fingerprint density at radius 1 is 1.27 bits per heavy atom. The summed E-state index contributed by atoms with van der Waals surface area (Å²) in [5, 5.41) is 0. The molecule has 5 heteroatoms. The van der Waals surface area contributed by atoms with Crippen LogP contribution in [-0.2, 0) is 10.9 Å². The molecule has 2 nitrogen and oxygen atoms in total. The summed E-state index contributed by atoms with van der Waals surface area (Å²) in [5.41, 5.74) is -0.554. The van der Waals surface area contributed by atoms with Gasteiger partial charge in [0.25, 0.3) is 0 Å². The van der Waals surface area contributed by atoms with Gasteiger partial charge in [-0.1, -0.05) is 12.1 Å². The number of ether oxygens (including phenoxy) is 1. The molecule has 0 aliphatic rings. The first-order valence-electron chi connectivity index (χ1n) is 4.14. The Bertz CT molecular complexity index is 341. The molecule has 0 bridgehead atoms. The molecule has 0 atom stereocenters. The second-order valence-electron chi connectivity index (χ2n) is 2.93. The normalized spacial score (nSPS) is 11.5. The Morgan fingerprint density at radius 2 is 1.80 bits per heavy atom. The number of benzene rings is 1. The standard InChI is InChI=1S/C10H9F3O2/c1-15-6-9(14)7-2-4-8(5-3-7)10(11,12)13/h2-5H,6H2,1H3. The Hall–Kier alpha value is -1.36. The molecule has 0 unspecified atom stereocenters. The van der Waals surface area contributed by atoms with E-state index in [4.69, 9.17) is 0 Å². The first-order valence-corrected chi connectivity index (χ1v) is 4.14. The molecule has 0 aliphatic heterocycles. The van der Waals surface area contributed by atoms with Crippen LogP contribution in [0.2, 0.25) is 0 Å². The molecule has 0 heterocycles. The molecule has 0 spiro atoms. The fraction of sp³-hybridized carbons (Fsp3) is 0.300. The minimum absolute atomic E-state index is 0.134. The van der Waals surface area contributed by atoms with Gasteiger partial charge < -0.3 is 4.74 Å². The lowest BCUT2D eigenvalue weighted by Gasteiger charge is -2.06. The lowest BCUT2D eigenvalue weighted by atomic mass is 10.1. The molecule has 0 fully saturated rings. The number of hydrogen-bond acceptors (Lipinski definition) is 2. The summed E-state index contributed by atoms with van der Waals surface area (Å²) < 4.78 is 41.1. The van der Waals surface area contributed by atoms with Crippen LogP contribution in [0.4, 0.5) is 13.2 Å². The lowest BCUT2D eigenvalue weighted by molar-refractivity contribution is -0.137. The summed E-state index contributed by atoms with van der Waals surface area (Å²) in [7, 11) is 1.35. The van der Waals surface area contributed by atoms with Gasteiger partial charge in [0.15, 0.2) is 5.78 Å². The zero-order valence-corrected chi connectivity index (χ0v) is 7.97. The summed E-state index contributed by atoms with van der Waals surface area (Å²) in [6.45, 7) is -0.134. The predicted molar refractivity (Wildman–Crippen MR) is 47.7 cm³/mol. The van der Waals surface area contributed by atoms with Gasteiger partial charge in [0.1, 0.15) is 6.61 Å². The van der Waals surface area contributed by atoms with Crippen LogP contribution in [-0.4, -0.2) is 19.5 Å². The van der Waals surface area contributed by atoms with Crippen LogP contribution < -0.4 is 0 Å². The maximum Gasteiger partial charge on any atom is 0.416 e. The second kappa shape index (κ2) is 4.44. The second-order valence-corrected chi connectivity index (χ2v) is 2.93. The van der Waals surface area contributed by atoms with Crippen molar-refractivity contribution in [3.8, 4) is 0 Å². The Labute approximate surface area is 84.7 Å². The van der Waals surface area contributed by atoms with Crippen LogP contribution in [0.3, 0.4) is 0 Å². The van der Waals surface area contributed by atoms with E-state index in [-0.39, 0.29) is 18.0 Å². The van der Waals surface area contributed by atoms with Crippen LogP contribution >= 0.6 is 0 Å². The molecule has 0 saturated carbocycles. The van der Waals surface area contributed by atoms with Crippen LogP contribution in [0.25, 0.3) is 0 Å². The maximum absolute atomic E-state index is 12.2. The molecule has 1 aromatic carbocycles. The predicted octanol–water partition coefficient (Wildman–Crippen LogP) is 2.53. The van der Waals surface area contributed by atoms with Crippen LogP contribution in [0.15, 0.2) is 24.3 Å². The highest BCUT2D eigenvalue weighted by atomic mass is 19.4. The van der Waals surface area contributed by atoms with Gasteiger partial charge in [-0.3, -0.25) is 4.79 Å². The molecule has 0 aromatic heterocycles. The molecule has 0 saturated heterocycles. The van der Waals surface area contributed by atoms with Gasteiger partial charge in [0, 0.05) is 12.7 Å². The number of Topliss-reactive ketones (excluding diaryl/α,β-unsaturated/α-hetero) is 1. The van der Waals surface area contributed by atoms with E-state index in [1.54, 1.807) is 0 Å². The van der Waals surface area contributed by atoms with Crippen molar-refractivity contribution in [3.05, 3.63) is 35.4 Å². The molecule has 0 N–H and O–H groups in total. The van der Waals surface area contributed by atoms with Crippen molar-refractivity contribution < 1.29 is 22.7 Å². The summed E-state index contributed by atoms with van der Waals surface area (Å²) in [5.74, 6) is -0.341. The minimum atomic E-state index is -4.37. The van der Waals surface area contributed by atoms with E-state index in [2.05, 4.69) is 4.74 Å². The fourth-order valence-electron chi connectivity index (χ4n) is 1.06. The highest BCUT2D eigenvalue weighted by Crippen LogP contribution is 2.29. The van der Waals surface area contributed by atoms with Crippen molar-refractivity contribution in [1.82, 2.24) is 0 Å². The molecular weight excluding hydrogens is 209 g/mol. The van der Waals surface area contributed by atoms with Gasteiger partial charge in [0.2, 0.25) is 0 Å². The Kier molecular flexibility index (Phi) is 3.47. The lowest BCUT2D eigenvalue weighted by Crippen LogP contribution is -2.09. The highest BCUT2D eigenvalue weighted by molar-refractivity contribution is 5.97. The van der Waals surface area contributed by atoms with E-state index in [0.29, 0.717) is 0 Å². The number of ketones is 1. The highest BCUT2D eigenvalue weighted by Gasteiger charge is 2.30. The number of methoxy groups -OCH3 is 1. The van der Waals surface area contributed by atoms with E-state index in [1.165, 1.54) is 7.11 Å². The SMILES string of the molecule is COCC(=O)c1ccc(C(F)(F)F)cc1. The van der Waals surface area contributed by atoms with E-state index in [9.17, 15) is 18.0 Å². The summed E-state index contributed by atoms with van der Waals surface area (Å²) >= 11 is 0. The zero-order chi connectivity index (χ0) is 11.5. The summed E-state index contributed by atoms with van der Waals surface area (Å²) in [4.78, 5) is 11.2. The molecule has 0 amide bonds. The summed E-state index contributed by atoms with van der Waals surface area (Å²) in [6, 6.07) is 4.04. The third kappa shape index (κ3) is 3.06. The molecule has 1 rings (SSSR count). The number of alkyl halides is 3. The van der Waals surface area contributed by atoms with E-state index < -0.39 is 11.7 Å². The number of halogens is 3. The molecule has 1 aromatic rings. The van der Waals surface area contributed by atoms with Crippen LogP contribution in [0, 0.1) is 0 Å². The smallest absolute Gasteiger partial charge is 0.377 e. The van der Waals surface area contributed by atoms with Crippen molar-refractivity contribution in [2.45, 2.75) is 6.18 Å². The third-order valence-electron chi connectivity index (χ3n) is 1.81. The van der Waals surface area contributed by atoms with Gasteiger partial charge in [-0.2, -0.15) is 13.2 Å². The van der Waals surface area contributed by atoms with Crippen molar-refractivity contribution in [1.29, 1.82) is 0 Å². The average Bonchev–Trinajstić information content (AvgIpc) is 2.17. The van der Waals surface area contributed by atoms with Crippen molar-refractivity contribution in [3.63, 3.8) is 0 Å². The fourth-order valence-corrected chi connectivity index (χ4v) is 1.06. The van der Waals surface area contributed by atoms with Gasteiger partial charge in [-0.15, -0.1) is 0 Å².